The lowest BCUT2D eigenvalue weighted by Gasteiger charge is -2.53. The third kappa shape index (κ3) is 5.41. The molecule has 19 heteroatoms. The Bertz CT molecular complexity index is 1890. The molecule has 13 nitrogen and oxygen atoms in total. The number of ketones is 2. The van der Waals surface area contributed by atoms with Crippen LogP contribution in [0.5, 0.6) is 5.75 Å². The second-order valence-electron chi connectivity index (χ2n) is 12.3. The van der Waals surface area contributed by atoms with Crippen LogP contribution in [0.4, 0.5) is 42.5 Å². The number of carbonyl (C=O) groups is 4. The molecule has 3 amide bonds. The minimum atomic E-state index is -5.21. The molecule has 0 unspecified atom stereocenters. The molecule has 1 saturated carbocycles. The van der Waals surface area contributed by atoms with Gasteiger partial charge >= 0.3 is 18.4 Å². The lowest BCUT2D eigenvalue weighted by molar-refractivity contribution is -0.169. The summed E-state index contributed by atoms with van der Waals surface area (Å²) >= 11 is 0. The summed E-state index contributed by atoms with van der Waals surface area (Å²) in [5, 5.41) is 60.8. The van der Waals surface area contributed by atoms with Crippen molar-refractivity contribution in [3.63, 3.8) is 0 Å². The fourth-order valence-corrected chi connectivity index (χ4v) is 7.03. The normalized spacial score (nSPS) is 26.8. The number of phenolic OH excluding ortho intramolecular Hbond substituents is 1. The highest BCUT2D eigenvalue weighted by Crippen LogP contribution is 2.56. The van der Waals surface area contributed by atoms with Gasteiger partial charge in [0.15, 0.2) is 11.4 Å². The van der Waals surface area contributed by atoms with Crippen LogP contribution in [0, 0.1) is 11.8 Å². The van der Waals surface area contributed by atoms with E-state index in [0.29, 0.717) is 0 Å². The summed E-state index contributed by atoms with van der Waals surface area (Å²) in [4.78, 5) is 53.4. The Kier molecular flexibility index (Phi) is 8.48. The maximum Gasteiger partial charge on any atom is 0.416 e. The van der Waals surface area contributed by atoms with Crippen LogP contribution in [0.15, 0.2) is 47.2 Å². The maximum absolute atomic E-state index is 14.1. The van der Waals surface area contributed by atoms with E-state index in [-0.39, 0.29) is 23.8 Å². The van der Waals surface area contributed by atoms with Crippen LogP contribution in [0.3, 0.4) is 0 Å². The first-order valence-electron chi connectivity index (χ1n) is 14.5. The molecule has 268 valence electrons. The zero-order valence-corrected chi connectivity index (χ0v) is 25.9. The SMILES string of the molecule is C[C@H]1c2ccc(NC(=O)Nc3cc(C(F)(F)F)cc(C(F)(F)F)c3)c(O)c2C(O)=C2C(=O)[C@]3(O)C(O)=C(C(N)=O)C(=O)[C@@H](N(C)C)[C@@H]3[C@@H](O)[C@@H]21. The highest BCUT2D eigenvalue weighted by atomic mass is 19.4. The highest BCUT2D eigenvalue weighted by molar-refractivity contribution is 6.24. The van der Waals surface area contributed by atoms with Gasteiger partial charge in [-0.05, 0) is 49.8 Å². The average Bonchev–Trinajstić information content (AvgIpc) is 2.98. The van der Waals surface area contributed by atoms with Crippen molar-refractivity contribution >= 4 is 40.6 Å². The maximum atomic E-state index is 14.1. The van der Waals surface area contributed by atoms with Gasteiger partial charge in [-0.1, -0.05) is 13.0 Å². The number of primary amides is 1. The van der Waals surface area contributed by atoms with Crippen LogP contribution >= 0.6 is 0 Å². The van der Waals surface area contributed by atoms with Gasteiger partial charge in [0, 0.05) is 17.2 Å². The number of nitrogens with zero attached hydrogens (tertiary/aromatic N) is 1. The number of carbonyl (C=O) groups excluding carboxylic acids is 4. The Morgan fingerprint density at radius 2 is 1.50 bits per heavy atom. The summed E-state index contributed by atoms with van der Waals surface area (Å²) in [5.41, 5.74) is -5.14. The first kappa shape index (κ1) is 36.1. The number of hydrogen-bond acceptors (Lipinski definition) is 10. The summed E-state index contributed by atoms with van der Waals surface area (Å²) in [5.74, 6) is -11.7. The van der Waals surface area contributed by atoms with E-state index < -0.39 is 128 Å². The summed E-state index contributed by atoms with van der Waals surface area (Å²) < 4.78 is 79.6. The Morgan fingerprint density at radius 1 is 0.940 bits per heavy atom. The van der Waals surface area contributed by atoms with Crippen molar-refractivity contribution < 1.29 is 71.1 Å². The van der Waals surface area contributed by atoms with Crippen molar-refractivity contribution in [3.05, 3.63) is 69.5 Å². The second kappa shape index (κ2) is 11.7. The van der Waals surface area contributed by atoms with Crippen LogP contribution in [0.1, 0.15) is 35.1 Å². The molecule has 0 radical (unpaired) electrons. The van der Waals surface area contributed by atoms with Gasteiger partial charge in [0.1, 0.15) is 22.8 Å². The molecule has 0 bridgehead atoms. The molecule has 9 N–H and O–H groups in total. The average molecular weight is 715 g/mol. The van der Waals surface area contributed by atoms with Gasteiger partial charge in [-0.3, -0.25) is 19.3 Å². The largest absolute Gasteiger partial charge is 0.508 e. The molecule has 50 heavy (non-hydrogen) atoms. The van der Waals surface area contributed by atoms with Gasteiger partial charge in [-0.25, -0.2) is 4.79 Å². The quantitative estimate of drug-likeness (QED) is 0.131. The van der Waals surface area contributed by atoms with Gasteiger partial charge in [0.2, 0.25) is 5.78 Å². The van der Waals surface area contributed by atoms with Crippen LogP contribution in [0.2, 0.25) is 0 Å². The van der Waals surface area contributed by atoms with E-state index in [1.807, 2.05) is 10.6 Å². The number of anilines is 2. The molecule has 6 atom stereocenters. The summed E-state index contributed by atoms with van der Waals surface area (Å²) in [6.07, 6.45) is -12.3. The Hall–Kier alpha value is -5.14. The number of aromatic hydroxyl groups is 1. The Labute approximate surface area is 277 Å². The number of likely N-dealkylation sites (N-methyl/N-ethyl adjacent to an activating group) is 1. The molecule has 0 spiro atoms. The van der Waals surface area contributed by atoms with Crippen molar-refractivity contribution in [2.45, 2.75) is 42.9 Å². The number of rotatable bonds is 4. The first-order valence-corrected chi connectivity index (χ1v) is 14.5. The van der Waals surface area contributed by atoms with E-state index in [4.69, 9.17) is 5.73 Å². The molecule has 3 aliphatic carbocycles. The standard InChI is InChI=1S/C31H28F6N4O9/c1-9-13-4-5-14(40-28(49)39-12-7-10(30(32,33)34)6-11(8-12)31(35,36)37)21(42)16(13)22(43)17-15(9)23(44)19-20(41(2)3)24(45)18(27(38)48)26(47)29(19,50)25(17)46/h4-9,15,19-20,23,42-44,47,50H,1-3H3,(H2,38,48)(H2,39,40,49)/t9-,15+,19+,20-,23-,29-/m0/s1. The fraction of sp³-hybridized carbons (Fsp3) is 0.355. The van der Waals surface area contributed by atoms with E-state index in [1.165, 1.54) is 32.0 Å². The van der Waals surface area contributed by atoms with Gasteiger partial charge in [-0.15, -0.1) is 0 Å². The third-order valence-electron chi connectivity index (χ3n) is 9.22. The van der Waals surface area contributed by atoms with E-state index in [2.05, 4.69) is 0 Å². The number of urea groups is 1. The number of fused-ring (bicyclic) bond motifs is 3. The number of alkyl halides is 6. The molecule has 0 saturated heterocycles. The number of Topliss-reactive ketones (excluding diaryl/α,β-unsaturated/α-hetero) is 2. The number of benzene rings is 2. The molecule has 0 heterocycles. The summed E-state index contributed by atoms with van der Waals surface area (Å²) in [6.45, 7) is 1.45. The molecular weight excluding hydrogens is 686 g/mol. The van der Waals surface area contributed by atoms with Crippen LogP contribution < -0.4 is 16.4 Å². The Morgan fingerprint density at radius 3 is 2.00 bits per heavy atom. The molecule has 3 aliphatic rings. The fourth-order valence-electron chi connectivity index (χ4n) is 7.03. The van der Waals surface area contributed by atoms with Gasteiger partial charge in [0.25, 0.3) is 5.91 Å². The van der Waals surface area contributed by atoms with Crippen molar-refractivity contribution in [2.75, 3.05) is 24.7 Å². The van der Waals surface area contributed by atoms with Gasteiger partial charge in [-0.2, -0.15) is 26.3 Å². The van der Waals surface area contributed by atoms with Crippen molar-refractivity contribution in [1.29, 1.82) is 0 Å². The number of nitrogens with one attached hydrogen (secondary N) is 2. The molecular formula is C31H28F6N4O9. The second-order valence-corrected chi connectivity index (χ2v) is 12.3. The van der Waals surface area contributed by atoms with Crippen molar-refractivity contribution in [1.82, 2.24) is 4.90 Å². The van der Waals surface area contributed by atoms with Gasteiger partial charge < -0.3 is 41.9 Å². The third-order valence-corrected chi connectivity index (χ3v) is 9.22. The predicted molar refractivity (Wildman–Crippen MR) is 159 cm³/mol. The van der Waals surface area contributed by atoms with E-state index >= 15 is 0 Å². The molecule has 2 aromatic rings. The zero-order valence-electron chi connectivity index (χ0n) is 25.9. The van der Waals surface area contributed by atoms with Gasteiger partial charge in [0.05, 0.1) is 40.4 Å². The number of nitrogens with two attached hydrogens (primary N) is 1. The molecule has 5 rings (SSSR count). The first-order chi connectivity index (χ1) is 22.9. The minimum Gasteiger partial charge on any atom is -0.508 e. The summed E-state index contributed by atoms with van der Waals surface area (Å²) in [6, 6.07) is -0.388. The number of aliphatic hydroxyl groups is 4. The molecule has 2 aromatic carbocycles. The number of phenols is 1. The smallest absolute Gasteiger partial charge is 0.416 e. The highest BCUT2D eigenvalue weighted by Gasteiger charge is 2.68. The van der Waals surface area contributed by atoms with Crippen LogP contribution in [-0.2, 0) is 26.7 Å². The number of aliphatic hydroxyl groups excluding tert-OH is 3. The number of hydrogen-bond donors (Lipinski definition) is 8. The zero-order chi connectivity index (χ0) is 37.6. The van der Waals surface area contributed by atoms with E-state index in [0.717, 1.165) is 6.07 Å². The lowest BCUT2D eigenvalue weighted by atomic mass is 9.54. The van der Waals surface area contributed by atoms with E-state index in [1.54, 1.807) is 0 Å². The lowest BCUT2D eigenvalue weighted by Crippen LogP contribution is -2.70. The van der Waals surface area contributed by atoms with Crippen LogP contribution in [0.25, 0.3) is 5.76 Å². The van der Waals surface area contributed by atoms with Crippen molar-refractivity contribution in [2.24, 2.45) is 17.6 Å². The molecule has 0 aromatic heterocycles. The van der Waals surface area contributed by atoms with Crippen molar-refractivity contribution in [3.8, 4) is 5.75 Å². The molecule has 0 aliphatic heterocycles. The van der Waals surface area contributed by atoms with E-state index in [9.17, 15) is 71.1 Å². The molecule has 1 fully saturated rings. The Balaban J connectivity index is 1.57. The van der Waals surface area contributed by atoms with Crippen LogP contribution in [-0.4, -0.2) is 85.8 Å². The monoisotopic (exact) mass is 714 g/mol. The number of amides is 3. The summed E-state index contributed by atoms with van der Waals surface area (Å²) in [7, 11) is 2.68. The topological polar surface area (TPSA) is 223 Å². The minimum absolute atomic E-state index is 0.0609. The number of halogens is 6. The predicted octanol–water partition coefficient (Wildman–Crippen LogP) is 3.18.